The van der Waals surface area contributed by atoms with Gasteiger partial charge in [0.05, 0.1) is 7.11 Å². The normalized spacial score (nSPS) is 14.1. The van der Waals surface area contributed by atoms with Gasteiger partial charge in [0.15, 0.2) is 0 Å². The molecule has 0 unspecified atom stereocenters. The van der Waals surface area contributed by atoms with Crippen LogP contribution in [0.4, 0.5) is 23.1 Å². The number of benzene rings is 2. The van der Waals surface area contributed by atoms with Crippen LogP contribution in [-0.4, -0.2) is 43.3 Å². The lowest BCUT2D eigenvalue weighted by Gasteiger charge is -2.36. The Morgan fingerprint density at radius 2 is 1.61 bits per heavy atom. The number of hydrogen-bond acceptors (Lipinski definition) is 6. The fourth-order valence-electron chi connectivity index (χ4n) is 3.38. The minimum absolute atomic E-state index is 0.771. The first-order valence-corrected chi connectivity index (χ1v) is 9.52. The lowest BCUT2D eigenvalue weighted by atomic mass is 10.2. The molecule has 0 spiro atoms. The van der Waals surface area contributed by atoms with Gasteiger partial charge in [0.25, 0.3) is 0 Å². The van der Waals surface area contributed by atoms with Crippen molar-refractivity contribution < 1.29 is 4.74 Å². The van der Waals surface area contributed by atoms with Crippen molar-refractivity contribution in [3.63, 3.8) is 0 Å². The Hall–Kier alpha value is -3.28. The van der Waals surface area contributed by atoms with E-state index in [1.54, 1.807) is 7.11 Å². The third-order valence-corrected chi connectivity index (χ3v) is 5.05. The summed E-state index contributed by atoms with van der Waals surface area (Å²) < 4.78 is 5.24. The smallest absolute Gasteiger partial charge is 0.227 e. The molecule has 1 saturated heterocycles. The fraction of sp³-hybridized carbons (Fsp3) is 0.273. The Balaban J connectivity index is 1.41. The predicted octanol–water partition coefficient (Wildman–Crippen LogP) is 3.86. The third kappa shape index (κ3) is 4.01. The Morgan fingerprint density at radius 3 is 2.32 bits per heavy atom. The van der Waals surface area contributed by atoms with Crippen LogP contribution >= 0.6 is 0 Å². The molecule has 0 bridgehead atoms. The number of aromatic nitrogens is 2. The van der Waals surface area contributed by atoms with Gasteiger partial charge in [-0.25, -0.2) is 4.98 Å². The van der Waals surface area contributed by atoms with Crippen LogP contribution in [0.5, 0.6) is 5.75 Å². The van der Waals surface area contributed by atoms with E-state index < -0.39 is 0 Å². The van der Waals surface area contributed by atoms with Crippen molar-refractivity contribution in [1.29, 1.82) is 0 Å². The van der Waals surface area contributed by atoms with Crippen LogP contribution < -0.4 is 19.9 Å². The molecule has 4 rings (SSSR count). The van der Waals surface area contributed by atoms with Gasteiger partial charge < -0.3 is 19.9 Å². The monoisotopic (exact) mass is 375 g/mol. The second kappa shape index (κ2) is 8.17. The van der Waals surface area contributed by atoms with Crippen molar-refractivity contribution in [3.8, 4) is 5.75 Å². The van der Waals surface area contributed by atoms with E-state index in [-0.39, 0.29) is 0 Å². The summed E-state index contributed by atoms with van der Waals surface area (Å²) in [7, 11) is 1.69. The van der Waals surface area contributed by atoms with E-state index in [4.69, 9.17) is 9.72 Å². The van der Waals surface area contributed by atoms with Gasteiger partial charge in [-0.1, -0.05) is 18.2 Å². The second-order valence-electron chi connectivity index (χ2n) is 6.85. The van der Waals surface area contributed by atoms with E-state index in [1.807, 2.05) is 36.5 Å². The van der Waals surface area contributed by atoms with E-state index in [0.29, 0.717) is 0 Å². The number of aryl methyl sites for hydroxylation is 1. The van der Waals surface area contributed by atoms with E-state index in [2.05, 4.69) is 51.3 Å². The van der Waals surface area contributed by atoms with Gasteiger partial charge in [0.1, 0.15) is 11.6 Å². The average molecular weight is 375 g/mol. The van der Waals surface area contributed by atoms with Crippen LogP contribution in [0.3, 0.4) is 0 Å². The molecular weight excluding hydrogens is 350 g/mol. The van der Waals surface area contributed by atoms with Gasteiger partial charge in [-0.2, -0.15) is 4.98 Å². The number of ether oxygens (including phenoxy) is 1. The highest BCUT2D eigenvalue weighted by Gasteiger charge is 2.19. The molecule has 0 aliphatic carbocycles. The molecule has 0 atom stereocenters. The molecule has 28 heavy (non-hydrogen) atoms. The number of rotatable bonds is 5. The van der Waals surface area contributed by atoms with E-state index in [0.717, 1.165) is 49.4 Å². The third-order valence-electron chi connectivity index (χ3n) is 5.05. The highest BCUT2D eigenvalue weighted by atomic mass is 16.5. The van der Waals surface area contributed by atoms with Gasteiger partial charge in [0.2, 0.25) is 5.95 Å². The van der Waals surface area contributed by atoms with Gasteiger partial charge in [-0.05, 0) is 48.9 Å². The second-order valence-corrected chi connectivity index (χ2v) is 6.85. The molecular formula is C22H25N5O. The summed E-state index contributed by atoms with van der Waals surface area (Å²) in [6.45, 7) is 5.73. The fourth-order valence-corrected chi connectivity index (χ4v) is 3.38. The van der Waals surface area contributed by atoms with Crippen LogP contribution in [-0.2, 0) is 0 Å². The van der Waals surface area contributed by atoms with Gasteiger partial charge >= 0.3 is 0 Å². The van der Waals surface area contributed by atoms with Crippen molar-refractivity contribution in [2.75, 3.05) is 48.4 Å². The molecule has 6 heteroatoms. The molecule has 0 amide bonds. The molecule has 1 N–H and O–H groups in total. The lowest BCUT2D eigenvalue weighted by Crippen LogP contribution is -2.47. The SMILES string of the molecule is COc1ccc(N2CCN(c3nccc(Nc4ccccc4C)n3)CC2)cc1. The number of para-hydroxylation sites is 1. The number of nitrogens with one attached hydrogen (secondary N) is 1. The van der Waals surface area contributed by atoms with Gasteiger partial charge in [-0.15, -0.1) is 0 Å². The molecule has 0 radical (unpaired) electrons. The number of hydrogen-bond donors (Lipinski definition) is 1. The van der Waals surface area contributed by atoms with Crippen molar-refractivity contribution in [2.24, 2.45) is 0 Å². The summed E-state index contributed by atoms with van der Waals surface area (Å²) in [5.41, 5.74) is 3.48. The number of anilines is 4. The van der Waals surface area contributed by atoms with Crippen LogP contribution in [0.2, 0.25) is 0 Å². The highest BCUT2D eigenvalue weighted by molar-refractivity contribution is 5.61. The largest absolute Gasteiger partial charge is 0.497 e. The summed E-state index contributed by atoms with van der Waals surface area (Å²) >= 11 is 0. The molecule has 6 nitrogen and oxygen atoms in total. The first kappa shape index (κ1) is 18.1. The summed E-state index contributed by atoms with van der Waals surface area (Å²) in [5, 5.41) is 3.40. The van der Waals surface area contributed by atoms with Gasteiger partial charge in [-0.3, -0.25) is 0 Å². The topological polar surface area (TPSA) is 53.5 Å². The molecule has 1 fully saturated rings. The van der Waals surface area contributed by atoms with Gasteiger partial charge in [0, 0.05) is 43.8 Å². The molecule has 1 aliphatic rings. The zero-order valence-corrected chi connectivity index (χ0v) is 16.3. The molecule has 3 aromatic rings. The maximum absolute atomic E-state index is 5.24. The quantitative estimate of drug-likeness (QED) is 0.731. The maximum atomic E-state index is 5.24. The Morgan fingerprint density at radius 1 is 0.893 bits per heavy atom. The zero-order valence-electron chi connectivity index (χ0n) is 16.3. The minimum Gasteiger partial charge on any atom is -0.497 e. The molecule has 0 saturated carbocycles. The minimum atomic E-state index is 0.771. The van der Waals surface area contributed by atoms with E-state index in [9.17, 15) is 0 Å². The molecule has 2 heterocycles. The van der Waals surface area contributed by atoms with Crippen LogP contribution in [0.25, 0.3) is 0 Å². The highest BCUT2D eigenvalue weighted by Crippen LogP contribution is 2.23. The van der Waals surface area contributed by atoms with E-state index in [1.165, 1.54) is 11.3 Å². The summed E-state index contributed by atoms with van der Waals surface area (Å²) in [4.78, 5) is 13.8. The Kier molecular flexibility index (Phi) is 5.28. The first-order valence-electron chi connectivity index (χ1n) is 9.52. The maximum Gasteiger partial charge on any atom is 0.227 e. The van der Waals surface area contributed by atoms with Crippen molar-refractivity contribution in [1.82, 2.24) is 9.97 Å². The molecule has 2 aromatic carbocycles. The van der Waals surface area contributed by atoms with Crippen LogP contribution in [0.15, 0.2) is 60.8 Å². The van der Waals surface area contributed by atoms with Crippen molar-refractivity contribution >= 4 is 23.1 Å². The standard InChI is InChI=1S/C22H25N5O/c1-17-5-3-4-6-20(17)24-21-11-12-23-22(25-21)27-15-13-26(14-16-27)18-7-9-19(28-2)10-8-18/h3-12H,13-16H2,1-2H3,(H,23,24,25). The average Bonchev–Trinajstić information content (AvgIpc) is 2.76. The Bertz CT molecular complexity index is 920. The predicted molar refractivity (Wildman–Crippen MR) is 114 cm³/mol. The van der Waals surface area contributed by atoms with Crippen LogP contribution in [0, 0.1) is 6.92 Å². The van der Waals surface area contributed by atoms with Crippen molar-refractivity contribution in [2.45, 2.75) is 6.92 Å². The number of piperazine rings is 1. The molecule has 144 valence electrons. The lowest BCUT2D eigenvalue weighted by molar-refractivity contribution is 0.415. The first-order chi connectivity index (χ1) is 13.7. The zero-order chi connectivity index (χ0) is 19.3. The Labute approximate surface area is 165 Å². The van der Waals surface area contributed by atoms with E-state index >= 15 is 0 Å². The summed E-state index contributed by atoms with van der Waals surface area (Å²) in [6.07, 6.45) is 1.82. The number of methoxy groups -OCH3 is 1. The summed E-state index contributed by atoms with van der Waals surface area (Å²) in [5.74, 6) is 2.47. The molecule has 1 aliphatic heterocycles. The number of nitrogens with zero attached hydrogens (tertiary/aromatic N) is 4. The summed E-state index contributed by atoms with van der Waals surface area (Å²) in [6, 6.07) is 18.3. The van der Waals surface area contributed by atoms with Crippen molar-refractivity contribution in [3.05, 3.63) is 66.4 Å². The van der Waals surface area contributed by atoms with Crippen LogP contribution in [0.1, 0.15) is 5.56 Å². The molecule has 1 aromatic heterocycles.